The lowest BCUT2D eigenvalue weighted by molar-refractivity contribution is 0.490. The molecule has 1 unspecified atom stereocenters. The zero-order valence-corrected chi connectivity index (χ0v) is 9.59. The van der Waals surface area contributed by atoms with Crippen molar-refractivity contribution >= 4 is 22.7 Å². The molecule has 1 aromatic carbocycles. The van der Waals surface area contributed by atoms with Gasteiger partial charge in [0.05, 0.1) is 6.04 Å². The van der Waals surface area contributed by atoms with E-state index in [1.165, 1.54) is 0 Å². The summed E-state index contributed by atoms with van der Waals surface area (Å²) in [6, 6.07) is 10.1. The van der Waals surface area contributed by atoms with Crippen LogP contribution < -0.4 is 5.73 Å². The summed E-state index contributed by atoms with van der Waals surface area (Å²) in [7, 11) is 0. The maximum Gasteiger partial charge on any atom is 0.134 e. The third kappa shape index (κ3) is 2.36. The largest absolute Gasteiger partial charge is 0.459 e. The lowest BCUT2D eigenvalue weighted by Gasteiger charge is -2.06. The van der Waals surface area contributed by atoms with Crippen molar-refractivity contribution < 1.29 is 4.42 Å². The van der Waals surface area contributed by atoms with Gasteiger partial charge in [0.2, 0.25) is 0 Å². The summed E-state index contributed by atoms with van der Waals surface area (Å²) in [6.45, 7) is 0. The van der Waals surface area contributed by atoms with E-state index in [4.69, 9.17) is 10.2 Å². The summed E-state index contributed by atoms with van der Waals surface area (Å²) in [5, 5.41) is 1.13. The second-order valence-electron chi connectivity index (χ2n) is 3.57. The Morgan fingerprint density at radius 2 is 2.20 bits per heavy atom. The Kier molecular flexibility index (Phi) is 3.34. The van der Waals surface area contributed by atoms with Crippen LogP contribution in [0.2, 0.25) is 0 Å². The van der Waals surface area contributed by atoms with Crippen LogP contribution in [0.15, 0.2) is 34.7 Å². The fourth-order valence-corrected chi connectivity index (χ4v) is 2.06. The number of hydrogen-bond acceptors (Lipinski definition) is 3. The van der Waals surface area contributed by atoms with Crippen LogP contribution in [0.5, 0.6) is 0 Å². The standard InChI is InChI=1S/C12H15NOS/c1-15-7-6-10(13)12-8-9-4-2-3-5-11(9)14-12/h2-5,8,10H,6-7,13H2,1H3. The van der Waals surface area contributed by atoms with Gasteiger partial charge in [-0.15, -0.1) is 0 Å². The molecule has 2 rings (SSSR count). The molecule has 0 saturated carbocycles. The van der Waals surface area contributed by atoms with Crippen LogP contribution in [-0.2, 0) is 0 Å². The number of benzene rings is 1. The average molecular weight is 221 g/mol. The van der Waals surface area contributed by atoms with Crippen LogP contribution >= 0.6 is 11.8 Å². The van der Waals surface area contributed by atoms with Gasteiger partial charge in [0.1, 0.15) is 11.3 Å². The van der Waals surface area contributed by atoms with Gasteiger partial charge in [-0.25, -0.2) is 0 Å². The van der Waals surface area contributed by atoms with Crippen LogP contribution in [0.3, 0.4) is 0 Å². The minimum absolute atomic E-state index is 0.0184. The van der Waals surface area contributed by atoms with Crippen LogP contribution in [0.1, 0.15) is 18.2 Å². The molecule has 0 bridgehead atoms. The van der Waals surface area contributed by atoms with Gasteiger partial charge in [-0.05, 0) is 30.6 Å². The first-order valence-electron chi connectivity index (χ1n) is 5.04. The summed E-state index contributed by atoms with van der Waals surface area (Å²) in [5.74, 6) is 1.96. The van der Waals surface area contributed by atoms with E-state index in [0.717, 1.165) is 28.9 Å². The number of furan rings is 1. The Hall–Kier alpha value is -0.930. The van der Waals surface area contributed by atoms with E-state index in [-0.39, 0.29) is 6.04 Å². The van der Waals surface area contributed by atoms with Gasteiger partial charge < -0.3 is 10.2 Å². The predicted molar refractivity (Wildman–Crippen MR) is 66.1 cm³/mol. The highest BCUT2D eigenvalue weighted by Crippen LogP contribution is 2.24. The van der Waals surface area contributed by atoms with Crippen molar-refractivity contribution in [3.63, 3.8) is 0 Å². The fourth-order valence-electron chi connectivity index (χ4n) is 1.57. The minimum atomic E-state index is 0.0184. The highest BCUT2D eigenvalue weighted by molar-refractivity contribution is 7.98. The molecule has 0 saturated heterocycles. The summed E-state index contributed by atoms with van der Waals surface area (Å²) in [6.07, 6.45) is 3.05. The monoisotopic (exact) mass is 221 g/mol. The zero-order valence-electron chi connectivity index (χ0n) is 8.77. The number of hydrogen-bond donors (Lipinski definition) is 1. The van der Waals surface area contributed by atoms with E-state index in [9.17, 15) is 0 Å². The molecule has 80 valence electrons. The maximum atomic E-state index is 6.04. The van der Waals surface area contributed by atoms with E-state index in [0.29, 0.717) is 0 Å². The summed E-state index contributed by atoms with van der Waals surface area (Å²) >= 11 is 1.81. The number of nitrogens with two attached hydrogens (primary N) is 1. The van der Waals surface area contributed by atoms with Crippen LogP contribution in [0.4, 0.5) is 0 Å². The first kappa shape index (κ1) is 10.6. The Morgan fingerprint density at radius 1 is 1.40 bits per heavy atom. The molecule has 0 amide bonds. The van der Waals surface area contributed by atoms with E-state index in [2.05, 4.69) is 6.26 Å². The molecule has 2 N–H and O–H groups in total. The van der Waals surface area contributed by atoms with Crippen molar-refractivity contribution in [3.8, 4) is 0 Å². The van der Waals surface area contributed by atoms with Crippen LogP contribution in [-0.4, -0.2) is 12.0 Å². The molecule has 1 aromatic heterocycles. The summed E-state index contributed by atoms with van der Waals surface area (Å²) in [4.78, 5) is 0. The van der Waals surface area contributed by atoms with Gasteiger partial charge in [0, 0.05) is 5.39 Å². The second-order valence-corrected chi connectivity index (χ2v) is 4.56. The Balaban J connectivity index is 2.20. The number of thioether (sulfide) groups is 1. The van der Waals surface area contributed by atoms with Gasteiger partial charge in [-0.2, -0.15) is 11.8 Å². The topological polar surface area (TPSA) is 39.2 Å². The van der Waals surface area contributed by atoms with Crippen molar-refractivity contribution in [2.24, 2.45) is 5.73 Å². The third-order valence-electron chi connectivity index (χ3n) is 2.44. The zero-order chi connectivity index (χ0) is 10.7. The smallest absolute Gasteiger partial charge is 0.134 e. The molecule has 2 nitrogen and oxygen atoms in total. The number of rotatable bonds is 4. The molecule has 0 fully saturated rings. The molecule has 2 aromatic rings. The highest BCUT2D eigenvalue weighted by atomic mass is 32.2. The van der Waals surface area contributed by atoms with Crippen LogP contribution in [0, 0.1) is 0 Å². The van der Waals surface area contributed by atoms with Crippen molar-refractivity contribution in [3.05, 3.63) is 36.1 Å². The average Bonchev–Trinajstić information content (AvgIpc) is 2.69. The Bertz CT molecular complexity index is 405. The lowest BCUT2D eigenvalue weighted by atomic mass is 10.2. The molecule has 15 heavy (non-hydrogen) atoms. The van der Waals surface area contributed by atoms with Crippen molar-refractivity contribution in [2.75, 3.05) is 12.0 Å². The molecule has 0 aliphatic rings. The van der Waals surface area contributed by atoms with Crippen LogP contribution in [0.25, 0.3) is 11.0 Å². The molecule has 0 aliphatic carbocycles. The van der Waals surface area contributed by atoms with Crippen molar-refractivity contribution in [1.82, 2.24) is 0 Å². The molecule has 0 aliphatic heterocycles. The van der Waals surface area contributed by atoms with E-state index in [1.54, 1.807) is 0 Å². The molecule has 3 heteroatoms. The summed E-state index contributed by atoms with van der Waals surface area (Å²) < 4.78 is 5.69. The first-order valence-corrected chi connectivity index (χ1v) is 6.43. The van der Waals surface area contributed by atoms with Gasteiger partial charge in [-0.1, -0.05) is 18.2 Å². The predicted octanol–water partition coefficient (Wildman–Crippen LogP) is 3.19. The molecule has 0 spiro atoms. The molecule has 0 radical (unpaired) electrons. The van der Waals surface area contributed by atoms with Gasteiger partial charge >= 0.3 is 0 Å². The SMILES string of the molecule is CSCCC(N)c1cc2ccccc2o1. The summed E-state index contributed by atoms with van der Waals surface area (Å²) in [5.41, 5.74) is 6.96. The second kappa shape index (κ2) is 4.73. The lowest BCUT2D eigenvalue weighted by Crippen LogP contribution is -2.09. The molecule has 1 heterocycles. The molecular formula is C12H15NOS. The van der Waals surface area contributed by atoms with E-state index < -0.39 is 0 Å². The fraction of sp³-hybridized carbons (Fsp3) is 0.333. The first-order chi connectivity index (χ1) is 7.31. The number of fused-ring (bicyclic) bond motifs is 1. The Labute approximate surface area is 93.8 Å². The van der Waals surface area contributed by atoms with Crippen molar-refractivity contribution in [2.45, 2.75) is 12.5 Å². The number of para-hydroxylation sites is 1. The molecular weight excluding hydrogens is 206 g/mol. The van der Waals surface area contributed by atoms with Gasteiger partial charge in [0.25, 0.3) is 0 Å². The van der Waals surface area contributed by atoms with E-state index >= 15 is 0 Å². The van der Waals surface area contributed by atoms with Gasteiger partial charge in [-0.3, -0.25) is 0 Å². The van der Waals surface area contributed by atoms with Crippen molar-refractivity contribution in [1.29, 1.82) is 0 Å². The van der Waals surface area contributed by atoms with Gasteiger partial charge in [0.15, 0.2) is 0 Å². The minimum Gasteiger partial charge on any atom is -0.459 e. The highest BCUT2D eigenvalue weighted by Gasteiger charge is 2.10. The van der Waals surface area contributed by atoms with E-state index in [1.807, 2.05) is 42.1 Å². The Morgan fingerprint density at radius 3 is 2.93 bits per heavy atom. The third-order valence-corrected chi connectivity index (χ3v) is 3.09. The quantitative estimate of drug-likeness (QED) is 0.861. The normalized spacial score (nSPS) is 13.2. The molecule has 1 atom stereocenters. The maximum absolute atomic E-state index is 6.04.